The van der Waals surface area contributed by atoms with Gasteiger partial charge >= 0.3 is 0 Å². The summed E-state index contributed by atoms with van der Waals surface area (Å²) in [5, 5.41) is 5.45. The first-order valence-corrected chi connectivity index (χ1v) is 5.99. The lowest BCUT2D eigenvalue weighted by Crippen LogP contribution is -1.97. The molecule has 0 atom stereocenters. The average molecular weight is 276 g/mol. The van der Waals surface area contributed by atoms with Crippen LogP contribution in [0.5, 0.6) is 0 Å². The van der Waals surface area contributed by atoms with E-state index < -0.39 is 0 Å². The summed E-state index contributed by atoms with van der Waals surface area (Å²) < 4.78 is 1.61. The number of hydrogen-bond donors (Lipinski definition) is 0. The van der Waals surface area contributed by atoms with Crippen molar-refractivity contribution < 1.29 is 0 Å². The molecule has 0 fully saturated rings. The van der Waals surface area contributed by atoms with Crippen molar-refractivity contribution in [2.24, 2.45) is 0 Å². The van der Waals surface area contributed by atoms with Crippen LogP contribution in [-0.2, 0) is 5.88 Å². The smallest absolute Gasteiger partial charge is 0.137 e. The average Bonchev–Trinajstić information content (AvgIpc) is 2.55. The van der Waals surface area contributed by atoms with Gasteiger partial charge in [0.05, 0.1) is 22.3 Å². The molecule has 5 heteroatoms. The Kier molecular flexibility index (Phi) is 3.43. The Labute approximate surface area is 109 Å². The Morgan fingerprint density at radius 2 is 1.94 bits per heavy atom. The summed E-state index contributed by atoms with van der Waals surface area (Å²) in [4.78, 5) is 0. The number of halogens is 3. The Morgan fingerprint density at radius 3 is 2.50 bits per heavy atom. The minimum absolute atomic E-state index is 0.342. The third-order valence-corrected chi connectivity index (χ3v) is 3.31. The van der Waals surface area contributed by atoms with E-state index in [1.807, 2.05) is 25.1 Å². The lowest BCUT2D eigenvalue weighted by Gasteiger charge is -2.05. The molecule has 0 aliphatic heterocycles. The predicted molar refractivity (Wildman–Crippen MR) is 67.9 cm³/mol. The summed E-state index contributed by atoms with van der Waals surface area (Å²) in [5.41, 5.74) is 2.41. The lowest BCUT2D eigenvalue weighted by atomic mass is 10.3. The van der Waals surface area contributed by atoms with Crippen molar-refractivity contribution in [2.45, 2.75) is 12.8 Å². The van der Waals surface area contributed by atoms with E-state index in [9.17, 15) is 0 Å². The number of aromatic nitrogens is 2. The summed E-state index contributed by atoms with van der Waals surface area (Å²) >= 11 is 18.1. The van der Waals surface area contributed by atoms with Gasteiger partial charge in [-0.1, -0.05) is 35.3 Å². The molecule has 0 N–H and O–H groups in total. The number of benzene rings is 1. The van der Waals surface area contributed by atoms with E-state index in [1.54, 1.807) is 10.7 Å². The number of alkyl halides is 1. The zero-order valence-corrected chi connectivity index (χ0v) is 10.8. The van der Waals surface area contributed by atoms with Crippen LogP contribution in [0.15, 0.2) is 24.3 Å². The first-order chi connectivity index (χ1) is 7.65. The number of nitrogens with zero attached hydrogens (tertiary/aromatic N) is 2. The van der Waals surface area contributed by atoms with Crippen molar-refractivity contribution in [1.29, 1.82) is 0 Å². The molecule has 1 aromatic carbocycles. The molecule has 1 aromatic heterocycles. The number of rotatable bonds is 2. The number of para-hydroxylation sites is 1. The van der Waals surface area contributed by atoms with Crippen molar-refractivity contribution in [3.8, 4) is 5.69 Å². The zero-order chi connectivity index (χ0) is 11.7. The SMILES string of the molecule is Cc1nn(-c2ccccc2Cl)c(Cl)c1CCl. The van der Waals surface area contributed by atoms with E-state index in [2.05, 4.69) is 5.10 Å². The predicted octanol–water partition coefficient (Wildman–Crippen LogP) is 4.23. The van der Waals surface area contributed by atoms with Gasteiger partial charge in [0.2, 0.25) is 0 Å². The molecule has 84 valence electrons. The maximum Gasteiger partial charge on any atom is 0.137 e. The van der Waals surface area contributed by atoms with E-state index >= 15 is 0 Å². The minimum atomic E-state index is 0.342. The minimum Gasteiger partial charge on any atom is -0.220 e. The fourth-order valence-corrected chi connectivity index (χ4v) is 2.40. The van der Waals surface area contributed by atoms with Gasteiger partial charge in [0.1, 0.15) is 5.15 Å². The highest BCUT2D eigenvalue weighted by atomic mass is 35.5. The first-order valence-electron chi connectivity index (χ1n) is 4.70. The highest BCUT2D eigenvalue weighted by molar-refractivity contribution is 6.33. The number of aryl methyl sites for hydroxylation is 1. The summed E-state index contributed by atoms with van der Waals surface area (Å²) in [6.45, 7) is 1.87. The summed E-state index contributed by atoms with van der Waals surface area (Å²) in [6.07, 6.45) is 0. The molecule has 0 amide bonds. The van der Waals surface area contributed by atoms with Gasteiger partial charge in [-0.3, -0.25) is 0 Å². The second-order valence-corrected chi connectivity index (χ2v) is 4.38. The van der Waals surface area contributed by atoms with Crippen molar-refractivity contribution in [1.82, 2.24) is 9.78 Å². The molecular weight excluding hydrogens is 266 g/mol. The summed E-state index contributed by atoms with van der Waals surface area (Å²) in [6, 6.07) is 7.40. The normalized spacial score (nSPS) is 10.8. The van der Waals surface area contributed by atoms with Gasteiger partial charge in [-0.15, -0.1) is 11.6 Å². The van der Waals surface area contributed by atoms with Crippen molar-refractivity contribution in [3.05, 3.63) is 45.7 Å². The van der Waals surface area contributed by atoms with Gasteiger partial charge < -0.3 is 0 Å². The second-order valence-electron chi connectivity index (χ2n) is 3.35. The molecule has 0 saturated heterocycles. The van der Waals surface area contributed by atoms with Crippen LogP contribution in [0.2, 0.25) is 10.2 Å². The molecule has 2 aromatic rings. The maximum atomic E-state index is 6.19. The molecule has 0 saturated carbocycles. The second kappa shape index (κ2) is 4.66. The van der Waals surface area contributed by atoms with E-state index in [4.69, 9.17) is 34.8 Å². The fraction of sp³-hybridized carbons (Fsp3) is 0.182. The van der Waals surface area contributed by atoms with Gasteiger partial charge in [-0.05, 0) is 19.1 Å². The van der Waals surface area contributed by atoms with E-state index in [-0.39, 0.29) is 0 Å². The van der Waals surface area contributed by atoms with Crippen LogP contribution in [0.4, 0.5) is 0 Å². The third-order valence-electron chi connectivity index (χ3n) is 2.34. The zero-order valence-electron chi connectivity index (χ0n) is 8.54. The van der Waals surface area contributed by atoms with Gasteiger partial charge in [-0.2, -0.15) is 5.10 Å². The maximum absolute atomic E-state index is 6.19. The highest BCUT2D eigenvalue weighted by Gasteiger charge is 2.14. The molecule has 0 radical (unpaired) electrons. The first kappa shape index (κ1) is 11.8. The summed E-state index contributed by atoms with van der Waals surface area (Å²) in [5.74, 6) is 0.342. The quantitative estimate of drug-likeness (QED) is 0.750. The number of hydrogen-bond acceptors (Lipinski definition) is 1. The topological polar surface area (TPSA) is 17.8 Å². The van der Waals surface area contributed by atoms with Gasteiger partial charge in [0, 0.05) is 5.56 Å². The van der Waals surface area contributed by atoms with Gasteiger partial charge in [0.25, 0.3) is 0 Å². The molecule has 0 aliphatic rings. The van der Waals surface area contributed by atoms with Crippen LogP contribution < -0.4 is 0 Å². The molecule has 0 aliphatic carbocycles. The van der Waals surface area contributed by atoms with Crippen LogP contribution in [0.1, 0.15) is 11.3 Å². The van der Waals surface area contributed by atoms with Gasteiger partial charge in [0.15, 0.2) is 0 Å². The van der Waals surface area contributed by atoms with Crippen LogP contribution in [0.25, 0.3) is 5.69 Å². The molecule has 0 spiro atoms. The van der Waals surface area contributed by atoms with E-state index in [0.29, 0.717) is 16.1 Å². The van der Waals surface area contributed by atoms with Crippen molar-refractivity contribution >= 4 is 34.8 Å². The standard InChI is InChI=1S/C11H9Cl3N2/c1-7-8(6-12)11(14)16(15-7)10-5-3-2-4-9(10)13/h2-5H,6H2,1H3. The third kappa shape index (κ3) is 1.93. The van der Waals surface area contributed by atoms with Crippen molar-refractivity contribution in [2.75, 3.05) is 0 Å². The fourth-order valence-electron chi connectivity index (χ4n) is 1.47. The van der Waals surface area contributed by atoms with Crippen LogP contribution in [-0.4, -0.2) is 9.78 Å². The largest absolute Gasteiger partial charge is 0.220 e. The molecule has 1 heterocycles. The van der Waals surface area contributed by atoms with Crippen LogP contribution in [0.3, 0.4) is 0 Å². The Balaban J connectivity index is 2.62. The molecule has 16 heavy (non-hydrogen) atoms. The van der Waals surface area contributed by atoms with E-state index in [0.717, 1.165) is 16.9 Å². The lowest BCUT2D eigenvalue weighted by molar-refractivity contribution is 0.863. The Morgan fingerprint density at radius 1 is 1.25 bits per heavy atom. The highest BCUT2D eigenvalue weighted by Crippen LogP contribution is 2.28. The molecule has 2 rings (SSSR count). The monoisotopic (exact) mass is 274 g/mol. The Hall–Kier alpha value is -0.700. The van der Waals surface area contributed by atoms with Crippen LogP contribution in [0, 0.1) is 6.92 Å². The molecule has 0 unspecified atom stereocenters. The summed E-state index contributed by atoms with van der Waals surface area (Å²) in [7, 11) is 0. The van der Waals surface area contributed by atoms with Crippen molar-refractivity contribution in [3.63, 3.8) is 0 Å². The molecule has 2 nitrogen and oxygen atoms in total. The molecule has 0 bridgehead atoms. The molecular formula is C11H9Cl3N2. The van der Waals surface area contributed by atoms with Gasteiger partial charge in [-0.25, -0.2) is 4.68 Å². The Bertz CT molecular complexity index is 520. The van der Waals surface area contributed by atoms with Crippen LogP contribution >= 0.6 is 34.8 Å². The van der Waals surface area contributed by atoms with E-state index in [1.165, 1.54) is 0 Å².